The van der Waals surface area contributed by atoms with Gasteiger partial charge in [0, 0.05) is 17.5 Å². The normalized spacial score (nSPS) is 22.9. The summed E-state index contributed by atoms with van der Waals surface area (Å²) in [6.07, 6.45) is 5.23. The van der Waals surface area contributed by atoms with Crippen molar-refractivity contribution in [3.05, 3.63) is 69.8 Å². The molecule has 0 fully saturated rings. The van der Waals surface area contributed by atoms with Crippen LogP contribution in [-0.4, -0.2) is 19.1 Å². The first kappa shape index (κ1) is 16.4. The maximum Gasteiger partial charge on any atom is 0.292 e. The summed E-state index contributed by atoms with van der Waals surface area (Å²) in [6, 6.07) is 10.9. The third-order valence-electron chi connectivity index (χ3n) is 5.34. The zero-order valence-corrected chi connectivity index (χ0v) is 14.6. The van der Waals surface area contributed by atoms with Crippen molar-refractivity contribution in [2.24, 2.45) is 5.92 Å². The highest BCUT2D eigenvalue weighted by molar-refractivity contribution is 5.71. The van der Waals surface area contributed by atoms with Gasteiger partial charge in [0.1, 0.15) is 5.69 Å². The average Bonchev–Trinajstić information content (AvgIpc) is 3.16. The second-order valence-electron chi connectivity index (χ2n) is 6.56. The second-order valence-corrected chi connectivity index (χ2v) is 6.56. The predicted octanol–water partition coefficient (Wildman–Crippen LogP) is 4.44. The largest absolute Gasteiger partial charge is 0.493 e. The van der Waals surface area contributed by atoms with Crippen LogP contribution in [0.2, 0.25) is 0 Å². The summed E-state index contributed by atoms with van der Waals surface area (Å²) in [4.78, 5) is 11.2. The molecule has 1 aliphatic heterocycles. The fourth-order valence-corrected chi connectivity index (χ4v) is 4.22. The highest BCUT2D eigenvalue weighted by Gasteiger charge is 2.41. The lowest BCUT2D eigenvalue weighted by Gasteiger charge is -2.37. The monoisotopic (exact) mass is 352 g/mol. The highest BCUT2D eigenvalue weighted by Crippen LogP contribution is 2.53. The van der Waals surface area contributed by atoms with E-state index in [2.05, 4.69) is 17.5 Å². The summed E-state index contributed by atoms with van der Waals surface area (Å²) in [5.41, 5.74) is 2.64. The Morgan fingerprint density at radius 3 is 2.62 bits per heavy atom. The Balaban J connectivity index is 1.87. The van der Waals surface area contributed by atoms with Gasteiger partial charge in [-0.1, -0.05) is 36.4 Å². The van der Waals surface area contributed by atoms with Crippen molar-refractivity contribution in [3.8, 4) is 11.5 Å². The topological polar surface area (TPSA) is 73.6 Å². The van der Waals surface area contributed by atoms with Crippen LogP contribution in [0.25, 0.3) is 0 Å². The fourth-order valence-electron chi connectivity index (χ4n) is 4.22. The number of nitrogens with zero attached hydrogens (tertiary/aromatic N) is 1. The number of fused-ring (bicyclic) bond motifs is 3. The maximum atomic E-state index is 11.5. The van der Waals surface area contributed by atoms with Crippen molar-refractivity contribution in [1.29, 1.82) is 0 Å². The first-order valence-corrected chi connectivity index (χ1v) is 8.57. The minimum absolute atomic E-state index is 0.103. The van der Waals surface area contributed by atoms with Gasteiger partial charge in [-0.3, -0.25) is 10.1 Å². The molecule has 134 valence electrons. The van der Waals surface area contributed by atoms with Gasteiger partial charge in [0.05, 0.1) is 25.2 Å². The molecule has 4 rings (SSSR count). The summed E-state index contributed by atoms with van der Waals surface area (Å²) >= 11 is 0. The Hall–Kier alpha value is -3.02. The van der Waals surface area contributed by atoms with E-state index < -0.39 is 0 Å². The third kappa shape index (κ3) is 2.41. The zero-order chi connectivity index (χ0) is 18.3. The van der Waals surface area contributed by atoms with Crippen LogP contribution in [0.5, 0.6) is 11.5 Å². The minimum Gasteiger partial charge on any atom is -0.493 e. The first-order valence-electron chi connectivity index (χ1n) is 8.57. The summed E-state index contributed by atoms with van der Waals surface area (Å²) in [6.45, 7) is 0. The molecule has 0 radical (unpaired) electrons. The van der Waals surface area contributed by atoms with Crippen LogP contribution < -0.4 is 14.8 Å². The summed E-state index contributed by atoms with van der Waals surface area (Å²) in [5, 5.41) is 15.0. The molecule has 1 heterocycles. The molecule has 2 aromatic carbocycles. The Morgan fingerprint density at radius 2 is 1.88 bits per heavy atom. The number of para-hydroxylation sites is 2. The highest BCUT2D eigenvalue weighted by atomic mass is 16.6. The van der Waals surface area contributed by atoms with Crippen LogP contribution in [0.1, 0.15) is 29.5 Å². The molecule has 0 amide bonds. The smallest absolute Gasteiger partial charge is 0.292 e. The van der Waals surface area contributed by atoms with E-state index in [0.29, 0.717) is 17.2 Å². The van der Waals surface area contributed by atoms with Gasteiger partial charge in [0.2, 0.25) is 0 Å². The van der Waals surface area contributed by atoms with Crippen LogP contribution in [-0.2, 0) is 0 Å². The molecule has 26 heavy (non-hydrogen) atoms. The molecule has 0 saturated carbocycles. The molecule has 1 N–H and O–H groups in total. The van der Waals surface area contributed by atoms with E-state index in [1.165, 1.54) is 0 Å². The summed E-state index contributed by atoms with van der Waals surface area (Å²) in [7, 11) is 3.22. The van der Waals surface area contributed by atoms with Crippen molar-refractivity contribution >= 4 is 11.4 Å². The van der Waals surface area contributed by atoms with E-state index >= 15 is 0 Å². The van der Waals surface area contributed by atoms with E-state index in [0.717, 1.165) is 17.5 Å². The number of anilines is 1. The SMILES string of the molecule is COc1cccc([C@@H]2Nc3c(cccc3[N+](=O)[O-])[C@H]3C=CC[C@@H]32)c1OC. The van der Waals surface area contributed by atoms with Crippen molar-refractivity contribution in [2.75, 3.05) is 19.5 Å². The van der Waals surface area contributed by atoms with Gasteiger partial charge >= 0.3 is 0 Å². The van der Waals surface area contributed by atoms with Crippen molar-refractivity contribution in [2.45, 2.75) is 18.4 Å². The van der Waals surface area contributed by atoms with Crippen LogP contribution >= 0.6 is 0 Å². The molecule has 6 nitrogen and oxygen atoms in total. The van der Waals surface area contributed by atoms with Crippen molar-refractivity contribution < 1.29 is 14.4 Å². The quantitative estimate of drug-likeness (QED) is 0.500. The van der Waals surface area contributed by atoms with Gasteiger partial charge in [-0.25, -0.2) is 0 Å². The molecule has 0 unspecified atom stereocenters. The molecule has 3 atom stereocenters. The lowest BCUT2D eigenvalue weighted by molar-refractivity contribution is -0.384. The van der Waals surface area contributed by atoms with Gasteiger partial charge in [0.15, 0.2) is 11.5 Å². The van der Waals surface area contributed by atoms with Crippen molar-refractivity contribution in [3.63, 3.8) is 0 Å². The number of nitro benzene ring substituents is 1. The number of methoxy groups -OCH3 is 2. The molecule has 6 heteroatoms. The minimum atomic E-state index is -0.329. The lowest BCUT2D eigenvalue weighted by atomic mass is 9.76. The van der Waals surface area contributed by atoms with Gasteiger partial charge in [-0.2, -0.15) is 0 Å². The van der Waals surface area contributed by atoms with Crippen LogP contribution in [0.3, 0.4) is 0 Å². The molecule has 0 saturated heterocycles. The van der Waals surface area contributed by atoms with E-state index in [-0.39, 0.29) is 28.5 Å². The predicted molar refractivity (Wildman–Crippen MR) is 99.0 cm³/mol. The van der Waals surface area contributed by atoms with Gasteiger partial charge in [0.25, 0.3) is 5.69 Å². The number of allylic oxidation sites excluding steroid dienone is 2. The molecule has 1 aliphatic carbocycles. The number of rotatable bonds is 4. The molecule has 2 aliphatic rings. The average molecular weight is 352 g/mol. The Labute approximate surface area is 151 Å². The molecular formula is C20H20N2O4. The molecular weight excluding hydrogens is 332 g/mol. The first-order chi connectivity index (χ1) is 12.7. The van der Waals surface area contributed by atoms with Gasteiger partial charge in [-0.05, 0) is 24.0 Å². The molecule has 0 spiro atoms. The fraction of sp³-hybridized carbons (Fsp3) is 0.300. The van der Waals surface area contributed by atoms with E-state index in [1.807, 2.05) is 24.3 Å². The number of nitrogens with one attached hydrogen (secondary N) is 1. The van der Waals surface area contributed by atoms with Crippen molar-refractivity contribution in [1.82, 2.24) is 0 Å². The third-order valence-corrected chi connectivity index (χ3v) is 5.34. The second kappa shape index (κ2) is 6.37. The number of hydrogen-bond acceptors (Lipinski definition) is 5. The number of ether oxygens (including phenoxy) is 2. The van der Waals surface area contributed by atoms with E-state index in [1.54, 1.807) is 26.4 Å². The van der Waals surface area contributed by atoms with Gasteiger partial charge < -0.3 is 14.8 Å². The lowest BCUT2D eigenvalue weighted by Crippen LogP contribution is -2.30. The van der Waals surface area contributed by atoms with E-state index in [4.69, 9.17) is 9.47 Å². The maximum absolute atomic E-state index is 11.5. The summed E-state index contributed by atoms with van der Waals surface area (Å²) < 4.78 is 11.0. The van der Waals surface area contributed by atoms with Gasteiger partial charge in [-0.15, -0.1) is 0 Å². The van der Waals surface area contributed by atoms with Crippen LogP contribution in [0, 0.1) is 16.0 Å². The standard InChI is InChI=1S/C20H20N2O4/c1-25-17-11-5-9-15(20(17)26-2)18-13-7-3-6-12(13)14-8-4-10-16(22(23)24)19(14)21-18/h3-6,8-13,18,21H,7H2,1-2H3/t12-,13-,18+/m0/s1. The summed E-state index contributed by atoms with van der Waals surface area (Å²) in [5.74, 6) is 1.74. The Bertz CT molecular complexity index is 893. The molecule has 2 aromatic rings. The number of hydrogen-bond donors (Lipinski definition) is 1. The number of nitro groups is 1. The van der Waals surface area contributed by atoms with E-state index in [9.17, 15) is 10.1 Å². The van der Waals surface area contributed by atoms with Crippen LogP contribution in [0.15, 0.2) is 48.6 Å². The molecule has 0 aromatic heterocycles. The Morgan fingerprint density at radius 1 is 1.12 bits per heavy atom. The van der Waals surface area contributed by atoms with Crippen LogP contribution in [0.4, 0.5) is 11.4 Å². The Kier molecular flexibility index (Phi) is 4.03. The molecule has 0 bridgehead atoms. The zero-order valence-electron chi connectivity index (χ0n) is 14.6. The number of benzene rings is 2.